The topological polar surface area (TPSA) is 41.5 Å². The number of aliphatic hydroxyl groups is 1. The molecule has 3 nitrogen and oxygen atoms in total. The van der Waals surface area contributed by atoms with Crippen LogP contribution in [0.25, 0.3) is 0 Å². The van der Waals surface area contributed by atoms with Gasteiger partial charge in [-0.2, -0.15) is 0 Å². The van der Waals surface area contributed by atoms with E-state index in [1.165, 1.54) is 12.1 Å². The smallest absolute Gasteiger partial charge is 0.137 e. The van der Waals surface area contributed by atoms with Gasteiger partial charge in [-0.15, -0.1) is 0 Å². The summed E-state index contributed by atoms with van der Waals surface area (Å²) >= 11 is 6.07. The highest BCUT2D eigenvalue weighted by molar-refractivity contribution is 6.32. The van der Waals surface area contributed by atoms with Gasteiger partial charge in [-0.1, -0.05) is 17.7 Å². The van der Waals surface area contributed by atoms with Gasteiger partial charge in [0.05, 0.1) is 24.8 Å². The van der Waals surface area contributed by atoms with Gasteiger partial charge in [-0.25, -0.2) is 4.39 Å². The molecule has 1 atom stereocenters. The summed E-state index contributed by atoms with van der Waals surface area (Å²) < 4.78 is 17.9. The third-order valence-corrected chi connectivity index (χ3v) is 3.24. The first-order valence-electron chi connectivity index (χ1n) is 6.10. The number of ether oxygens (including phenoxy) is 1. The van der Waals surface area contributed by atoms with Gasteiger partial charge in [-0.05, 0) is 42.0 Å². The van der Waals surface area contributed by atoms with E-state index in [0.717, 1.165) is 11.3 Å². The Morgan fingerprint density at radius 3 is 2.50 bits per heavy atom. The number of hydrogen-bond donors (Lipinski definition) is 2. The van der Waals surface area contributed by atoms with Crippen molar-refractivity contribution >= 4 is 17.3 Å². The molecule has 0 aromatic heterocycles. The molecule has 0 aliphatic rings. The molecule has 0 bridgehead atoms. The Morgan fingerprint density at radius 1 is 1.25 bits per heavy atom. The number of methoxy groups -OCH3 is 1. The molecule has 2 N–H and O–H groups in total. The molecule has 2 rings (SSSR count). The molecule has 0 fully saturated rings. The van der Waals surface area contributed by atoms with Crippen LogP contribution in [-0.4, -0.2) is 18.8 Å². The molecule has 2 aromatic rings. The van der Waals surface area contributed by atoms with Crippen molar-refractivity contribution in [3.05, 3.63) is 58.9 Å². The molecule has 0 amide bonds. The zero-order valence-electron chi connectivity index (χ0n) is 10.9. The lowest BCUT2D eigenvalue weighted by Gasteiger charge is -2.19. The SMILES string of the molecule is COc1ccc(C(CO)Nc2ccc(F)cc2)cc1Cl. The molecule has 0 spiro atoms. The largest absolute Gasteiger partial charge is 0.495 e. The molecule has 0 radical (unpaired) electrons. The first-order chi connectivity index (χ1) is 9.63. The van der Waals surface area contributed by atoms with Crippen molar-refractivity contribution in [3.8, 4) is 5.75 Å². The lowest BCUT2D eigenvalue weighted by atomic mass is 10.1. The lowest BCUT2D eigenvalue weighted by molar-refractivity contribution is 0.276. The van der Waals surface area contributed by atoms with E-state index in [1.54, 1.807) is 31.4 Å². The number of aliphatic hydroxyl groups excluding tert-OH is 1. The predicted octanol–water partition coefficient (Wildman–Crippen LogP) is 3.63. The second-order valence-corrected chi connectivity index (χ2v) is 4.69. The molecule has 1 unspecified atom stereocenters. The van der Waals surface area contributed by atoms with Gasteiger partial charge < -0.3 is 15.2 Å². The lowest BCUT2D eigenvalue weighted by Crippen LogP contribution is -2.14. The van der Waals surface area contributed by atoms with E-state index in [1.807, 2.05) is 6.07 Å². The van der Waals surface area contributed by atoms with E-state index in [9.17, 15) is 9.50 Å². The Labute approximate surface area is 122 Å². The number of rotatable bonds is 5. The minimum atomic E-state index is -0.330. The second kappa shape index (κ2) is 6.59. The van der Waals surface area contributed by atoms with Crippen LogP contribution in [0.3, 0.4) is 0 Å². The minimum Gasteiger partial charge on any atom is -0.495 e. The molecule has 0 heterocycles. The van der Waals surface area contributed by atoms with E-state index >= 15 is 0 Å². The van der Waals surface area contributed by atoms with E-state index in [4.69, 9.17) is 16.3 Å². The van der Waals surface area contributed by atoms with Crippen LogP contribution in [0.15, 0.2) is 42.5 Å². The maximum Gasteiger partial charge on any atom is 0.137 e. The van der Waals surface area contributed by atoms with Crippen LogP contribution in [0.1, 0.15) is 11.6 Å². The van der Waals surface area contributed by atoms with Gasteiger partial charge in [0.15, 0.2) is 0 Å². The van der Waals surface area contributed by atoms with Crippen molar-refractivity contribution in [2.45, 2.75) is 6.04 Å². The molecule has 0 saturated carbocycles. The van der Waals surface area contributed by atoms with Crippen molar-refractivity contribution in [1.29, 1.82) is 0 Å². The number of nitrogens with one attached hydrogen (secondary N) is 1. The Bertz CT molecular complexity index is 575. The molecule has 2 aromatic carbocycles. The predicted molar refractivity (Wildman–Crippen MR) is 77.9 cm³/mol. The summed E-state index contributed by atoms with van der Waals surface area (Å²) in [6.07, 6.45) is 0. The first-order valence-corrected chi connectivity index (χ1v) is 6.48. The number of benzene rings is 2. The van der Waals surface area contributed by atoms with Gasteiger partial charge in [0.25, 0.3) is 0 Å². The molecule has 0 aliphatic heterocycles. The maximum atomic E-state index is 12.9. The van der Waals surface area contributed by atoms with Crippen molar-refractivity contribution < 1.29 is 14.2 Å². The van der Waals surface area contributed by atoms with Crippen LogP contribution in [-0.2, 0) is 0 Å². The average molecular weight is 296 g/mol. The third-order valence-electron chi connectivity index (χ3n) is 2.95. The molecule has 0 aliphatic carbocycles. The number of halogens is 2. The van der Waals surface area contributed by atoms with Crippen LogP contribution < -0.4 is 10.1 Å². The number of anilines is 1. The Balaban J connectivity index is 2.19. The van der Waals surface area contributed by atoms with E-state index in [2.05, 4.69) is 5.32 Å². The van der Waals surface area contributed by atoms with Crippen LogP contribution in [0, 0.1) is 5.82 Å². The van der Waals surface area contributed by atoms with Crippen molar-refractivity contribution in [1.82, 2.24) is 0 Å². The van der Waals surface area contributed by atoms with E-state index in [0.29, 0.717) is 10.8 Å². The standard InChI is InChI=1S/C15H15ClFNO2/c1-20-15-7-2-10(8-13(15)16)14(9-19)18-12-5-3-11(17)4-6-12/h2-8,14,18-19H,9H2,1H3. The normalized spacial score (nSPS) is 12.0. The van der Waals surface area contributed by atoms with Gasteiger partial charge in [-0.3, -0.25) is 0 Å². The Morgan fingerprint density at radius 2 is 1.95 bits per heavy atom. The minimum absolute atomic E-state index is 0.111. The highest BCUT2D eigenvalue weighted by Gasteiger charge is 2.12. The molecular formula is C15H15ClFNO2. The van der Waals surface area contributed by atoms with E-state index < -0.39 is 0 Å². The van der Waals surface area contributed by atoms with Crippen LogP contribution in [0.2, 0.25) is 5.02 Å². The highest BCUT2D eigenvalue weighted by atomic mass is 35.5. The molecule has 0 saturated heterocycles. The molecule has 20 heavy (non-hydrogen) atoms. The van der Waals surface area contributed by atoms with Crippen LogP contribution in [0.5, 0.6) is 5.75 Å². The third kappa shape index (κ3) is 3.40. The summed E-state index contributed by atoms with van der Waals surface area (Å²) in [6, 6.07) is 10.9. The first kappa shape index (κ1) is 14.6. The molecule has 106 valence electrons. The quantitative estimate of drug-likeness (QED) is 0.885. The summed E-state index contributed by atoms with van der Waals surface area (Å²) in [5.74, 6) is 0.275. The summed E-state index contributed by atoms with van der Waals surface area (Å²) in [6.45, 7) is -0.111. The molecular weight excluding hydrogens is 281 g/mol. The number of hydrogen-bond acceptors (Lipinski definition) is 3. The Hall–Kier alpha value is -1.78. The summed E-state index contributed by atoms with van der Waals surface area (Å²) in [7, 11) is 1.54. The Kier molecular flexibility index (Phi) is 4.82. The van der Waals surface area contributed by atoms with Crippen molar-refractivity contribution in [3.63, 3.8) is 0 Å². The fraction of sp³-hybridized carbons (Fsp3) is 0.200. The zero-order chi connectivity index (χ0) is 14.5. The van der Waals surface area contributed by atoms with Crippen LogP contribution >= 0.6 is 11.6 Å². The van der Waals surface area contributed by atoms with Crippen LogP contribution in [0.4, 0.5) is 10.1 Å². The van der Waals surface area contributed by atoms with Crippen molar-refractivity contribution in [2.75, 3.05) is 19.0 Å². The van der Waals surface area contributed by atoms with Gasteiger partial charge in [0.2, 0.25) is 0 Å². The summed E-state index contributed by atoms with van der Waals surface area (Å²) in [5.41, 5.74) is 1.54. The highest BCUT2D eigenvalue weighted by Crippen LogP contribution is 2.29. The van der Waals surface area contributed by atoms with Gasteiger partial charge in [0.1, 0.15) is 11.6 Å². The second-order valence-electron chi connectivity index (χ2n) is 4.28. The van der Waals surface area contributed by atoms with Gasteiger partial charge in [0, 0.05) is 5.69 Å². The average Bonchev–Trinajstić information content (AvgIpc) is 2.46. The fourth-order valence-corrected chi connectivity index (χ4v) is 2.15. The fourth-order valence-electron chi connectivity index (χ4n) is 1.88. The van der Waals surface area contributed by atoms with Gasteiger partial charge >= 0.3 is 0 Å². The zero-order valence-corrected chi connectivity index (χ0v) is 11.7. The molecule has 5 heteroatoms. The summed E-state index contributed by atoms with van der Waals surface area (Å²) in [4.78, 5) is 0. The van der Waals surface area contributed by atoms with Crippen molar-refractivity contribution in [2.24, 2.45) is 0 Å². The maximum absolute atomic E-state index is 12.9. The summed E-state index contributed by atoms with van der Waals surface area (Å²) in [5, 5.41) is 13.1. The monoisotopic (exact) mass is 295 g/mol. The van der Waals surface area contributed by atoms with E-state index in [-0.39, 0.29) is 18.5 Å².